The number of rotatable bonds is 5. The quantitative estimate of drug-likeness (QED) is 0.449. The zero-order chi connectivity index (χ0) is 26.4. The van der Waals surface area contributed by atoms with E-state index in [0.717, 1.165) is 66.3 Å². The van der Waals surface area contributed by atoms with Crippen LogP contribution in [0.4, 0.5) is 4.79 Å². The van der Waals surface area contributed by atoms with Gasteiger partial charge in [-0.2, -0.15) is 0 Å². The normalized spacial score (nSPS) is 20.8. The van der Waals surface area contributed by atoms with E-state index in [1.165, 1.54) is 10.9 Å². The number of aromatic nitrogens is 1. The summed E-state index contributed by atoms with van der Waals surface area (Å²) in [5, 5.41) is 1.18. The molecule has 2 amide bonds. The Balaban J connectivity index is 1.31. The zero-order valence-corrected chi connectivity index (χ0v) is 22.7. The summed E-state index contributed by atoms with van der Waals surface area (Å²) in [5.41, 5.74) is 5.43. The molecule has 1 atom stereocenters. The second-order valence-corrected chi connectivity index (χ2v) is 10.7. The molecule has 3 aliphatic rings. The number of urea groups is 1. The molecule has 2 saturated heterocycles. The summed E-state index contributed by atoms with van der Waals surface area (Å²) in [7, 11) is 3.37. The number of likely N-dealkylation sites (N-methyl/N-ethyl adjacent to an activating group) is 1. The van der Waals surface area contributed by atoms with Gasteiger partial charge in [0.2, 0.25) is 0 Å². The number of nitrogens with zero attached hydrogens (tertiary/aromatic N) is 4. The summed E-state index contributed by atoms with van der Waals surface area (Å²) < 4.78 is 11.3. The van der Waals surface area contributed by atoms with Crippen molar-refractivity contribution in [3.63, 3.8) is 0 Å². The van der Waals surface area contributed by atoms with Gasteiger partial charge in [-0.05, 0) is 43.0 Å². The van der Waals surface area contributed by atoms with Gasteiger partial charge in [0.15, 0.2) is 0 Å². The lowest BCUT2D eigenvalue weighted by Gasteiger charge is -2.44. The Morgan fingerprint density at radius 2 is 1.87 bits per heavy atom. The molecular formula is C31H36N4O3. The van der Waals surface area contributed by atoms with Crippen LogP contribution in [0.2, 0.25) is 0 Å². The molecule has 7 heteroatoms. The van der Waals surface area contributed by atoms with Crippen LogP contribution in [-0.4, -0.2) is 65.1 Å². The minimum absolute atomic E-state index is 0.104. The van der Waals surface area contributed by atoms with Crippen LogP contribution in [0.25, 0.3) is 10.9 Å². The number of pyridine rings is 1. The first-order chi connectivity index (χ1) is 18.5. The van der Waals surface area contributed by atoms with E-state index in [1.807, 2.05) is 23.2 Å². The first-order valence-electron chi connectivity index (χ1n) is 13.6. The Bertz CT molecular complexity index is 1400. The molecule has 6 rings (SSSR count). The fraction of sp³-hybridized carbons (Fsp3) is 0.419. The molecule has 3 aromatic rings. The number of allylic oxidation sites excluding steroid dienone is 1. The van der Waals surface area contributed by atoms with Crippen molar-refractivity contribution in [2.24, 2.45) is 0 Å². The van der Waals surface area contributed by atoms with E-state index in [0.29, 0.717) is 13.1 Å². The predicted octanol–water partition coefficient (Wildman–Crippen LogP) is 5.55. The van der Waals surface area contributed by atoms with Crippen molar-refractivity contribution >= 4 is 16.9 Å². The summed E-state index contributed by atoms with van der Waals surface area (Å²) in [6.45, 7) is 8.26. The lowest BCUT2D eigenvalue weighted by Crippen LogP contribution is -2.53. The number of hydrogen-bond donors (Lipinski definition) is 0. The van der Waals surface area contributed by atoms with E-state index in [2.05, 4.69) is 65.0 Å². The van der Waals surface area contributed by atoms with E-state index in [1.54, 1.807) is 14.2 Å². The number of fused-ring (bicyclic) bond motifs is 4. The van der Waals surface area contributed by atoms with Gasteiger partial charge >= 0.3 is 6.03 Å². The van der Waals surface area contributed by atoms with Gasteiger partial charge in [0, 0.05) is 61.0 Å². The number of para-hydroxylation sites is 1. The predicted molar refractivity (Wildman–Crippen MR) is 148 cm³/mol. The maximum absolute atomic E-state index is 13.9. The second-order valence-electron chi connectivity index (χ2n) is 10.7. The van der Waals surface area contributed by atoms with Gasteiger partial charge in [0.25, 0.3) is 0 Å². The van der Waals surface area contributed by atoms with Crippen LogP contribution in [0, 0.1) is 0 Å². The van der Waals surface area contributed by atoms with E-state index in [9.17, 15) is 4.79 Å². The monoisotopic (exact) mass is 512 g/mol. The van der Waals surface area contributed by atoms with Gasteiger partial charge in [-0.25, -0.2) is 4.79 Å². The minimum atomic E-state index is -0.285. The summed E-state index contributed by atoms with van der Waals surface area (Å²) >= 11 is 0. The maximum atomic E-state index is 13.9. The summed E-state index contributed by atoms with van der Waals surface area (Å²) in [5.74, 6) is 1.69. The highest BCUT2D eigenvalue weighted by molar-refractivity contribution is 5.83. The molecule has 1 aromatic heterocycles. The minimum Gasteiger partial charge on any atom is -0.497 e. The van der Waals surface area contributed by atoms with E-state index in [4.69, 9.17) is 9.47 Å². The van der Waals surface area contributed by atoms with Crippen LogP contribution in [0.1, 0.15) is 49.3 Å². The van der Waals surface area contributed by atoms with Crippen molar-refractivity contribution in [1.82, 2.24) is 19.7 Å². The molecule has 2 aromatic carbocycles. The van der Waals surface area contributed by atoms with Crippen molar-refractivity contribution in [3.8, 4) is 11.5 Å². The fourth-order valence-electron chi connectivity index (χ4n) is 6.88. The van der Waals surface area contributed by atoms with Crippen LogP contribution < -0.4 is 9.47 Å². The highest BCUT2D eigenvalue weighted by Gasteiger charge is 2.54. The van der Waals surface area contributed by atoms with Crippen molar-refractivity contribution in [2.45, 2.75) is 51.2 Å². The Hall–Kier alpha value is -3.58. The number of piperidine rings is 1. The zero-order valence-electron chi connectivity index (χ0n) is 22.7. The molecule has 0 saturated carbocycles. The topological polar surface area (TPSA) is 58.1 Å². The number of likely N-dealkylation sites (tertiary alicyclic amines) is 1. The molecule has 2 fully saturated rings. The SMILES string of the molecule is CCN1C(=O)N2Cc3cc(OC)cc(OC)c3[C@@H](C)C=C2C12CCN(Cc1cccc3cccnc13)CC2. The number of amides is 2. The highest BCUT2D eigenvalue weighted by atomic mass is 16.5. The lowest BCUT2D eigenvalue weighted by molar-refractivity contribution is 0.0890. The van der Waals surface area contributed by atoms with Crippen LogP contribution >= 0.6 is 0 Å². The molecule has 7 nitrogen and oxygen atoms in total. The van der Waals surface area contributed by atoms with Gasteiger partial charge in [0.1, 0.15) is 11.5 Å². The van der Waals surface area contributed by atoms with E-state index >= 15 is 0 Å². The van der Waals surface area contributed by atoms with Crippen molar-refractivity contribution in [3.05, 3.63) is 77.1 Å². The van der Waals surface area contributed by atoms with Gasteiger partial charge < -0.3 is 14.4 Å². The first kappa shape index (κ1) is 24.7. The fourth-order valence-corrected chi connectivity index (χ4v) is 6.88. The third-order valence-corrected chi connectivity index (χ3v) is 8.70. The van der Waals surface area contributed by atoms with Gasteiger partial charge in [-0.1, -0.05) is 37.3 Å². The summed E-state index contributed by atoms with van der Waals surface area (Å²) in [6.07, 6.45) is 6.02. The number of carbonyl (C=O) groups excluding carboxylic acids is 1. The highest BCUT2D eigenvalue weighted by Crippen LogP contribution is 2.49. The average molecular weight is 513 g/mol. The molecule has 0 bridgehead atoms. The first-order valence-corrected chi connectivity index (χ1v) is 13.6. The summed E-state index contributed by atoms with van der Waals surface area (Å²) in [4.78, 5) is 25.2. The largest absolute Gasteiger partial charge is 0.497 e. The molecule has 1 spiro atoms. The molecule has 198 valence electrons. The van der Waals surface area contributed by atoms with Crippen LogP contribution in [0.5, 0.6) is 11.5 Å². The molecular weight excluding hydrogens is 476 g/mol. The molecule has 0 N–H and O–H groups in total. The molecule has 0 aliphatic carbocycles. The van der Waals surface area contributed by atoms with E-state index < -0.39 is 0 Å². The number of carbonyl (C=O) groups is 1. The van der Waals surface area contributed by atoms with Gasteiger partial charge in [-0.15, -0.1) is 0 Å². The van der Waals surface area contributed by atoms with Gasteiger partial charge in [0.05, 0.1) is 31.8 Å². The Morgan fingerprint density at radius 3 is 2.61 bits per heavy atom. The lowest BCUT2D eigenvalue weighted by atomic mass is 9.82. The third kappa shape index (κ3) is 3.83. The molecule has 0 unspecified atom stereocenters. The van der Waals surface area contributed by atoms with Crippen molar-refractivity contribution < 1.29 is 14.3 Å². The van der Waals surface area contributed by atoms with Crippen LogP contribution in [0.3, 0.4) is 0 Å². The number of hydrogen-bond acceptors (Lipinski definition) is 5. The van der Waals surface area contributed by atoms with Gasteiger partial charge in [-0.3, -0.25) is 14.8 Å². The number of ether oxygens (including phenoxy) is 2. The molecule has 4 heterocycles. The second kappa shape index (κ2) is 9.62. The van der Waals surface area contributed by atoms with E-state index in [-0.39, 0.29) is 17.5 Å². The summed E-state index contributed by atoms with van der Waals surface area (Å²) in [6, 6.07) is 14.6. The van der Waals surface area contributed by atoms with Crippen LogP contribution in [0.15, 0.2) is 60.4 Å². The Morgan fingerprint density at radius 1 is 1.08 bits per heavy atom. The number of benzene rings is 2. The van der Waals surface area contributed by atoms with Crippen LogP contribution in [-0.2, 0) is 13.1 Å². The smallest absolute Gasteiger partial charge is 0.325 e. The molecule has 0 radical (unpaired) electrons. The molecule has 3 aliphatic heterocycles. The Kier molecular flexibility index (Phi) is 6.26. The number of methoxy groups -OCH3 is 2. The standard InChI is InChI=1S/C31H36N4O3/c1-5-35-30(36)34-20-24-17-25(37-3)18-26(38-4)28(24)21(2)16-27(34)31(35)11-14-33(15-12-31)19-23-9-6-8-22-10-7-13-32-29(22)23/h6-10,13,16-18,21H,5,11-12,14-15,19-20H2,1-4H3/t21-/m0/s1. The van der Waals surface area contributed by atoms with Crippen molar-refractivity contribution in [2.75, 3.05) is 33.9 Å². The van der Waals surface area contributed by atoms with Crippen molar-refractivity contribution in [1.29, 1.82) is 0 Å². The molecule has 38 heavy (non-hydrogen) atoms. The maximum Gasteiger partial charge on any atom is 0.325 e. The average Bonchev–Trinajstić information content (AvgIpc) is 3.04. The third-order valence-electron chi connectivity index (χ3n) is 8.70. The Labute approximate surface area is 224 Å².